The first-order chi connectivity index (χ1) is 5.86. The molecule has 0 unspecified atom stereocenters. The maximum Gasteiger partial charge on any atom is 0.336 e. The van der Waals surface area contributed by atoms with E-state index in [1.807, 2.05) is 24.3 Å². The van der Waals surface area contributed by atoms with Gasteiger partial charge in [0.15, 0.2) is 0 Å². The fourth-order valence-electron chi connectivity index (χ4n) is 1.14. The number of hydrogen-bond acceptors (Lipinski definition) is 1. The first-order valence-electron chi connectivity index (χ1n) is 4.04. The maximum absolute atomic E-state index is 9.88. The number of hydrogen-bond donors (Lipinski definition) is 0. The van der Waals surface area contributed by atoms with Gasteiger partial charge in [-0.2, -0.15) is 0 Å². The Labute approximate surface area is 72.2 Å². The lowest BCUT2D eigenvalue weighted by Crippen LogP contribution is -1.83. The van der Waals surface area contributed by atoms with Crippen molar-refractivity contribution in [3.63, 3.8) is 0 Å². The summed E-state index contributed by atoms with van der Waals surface area (Å²) in [6.07, 6.45) is 2.15. The molecule has 2 nitrogen and oxygen atoms in total. The molecule has 0 bridgehead atoms. The van der Waals surface area contributed by atoms with Gasteiger partial charge in [0.25, 0.3) is 0 Å². The number of rotatable bonds is 2. The summed E-state index contributed by atoms with van der Waals surface area (Å²) in [6.45, 7) is 2.12. The van der Waals surface area contributed by atoms with Crippen LogP contribution in [0, 0.1) is 11.3 Å². The molecule has 0 saturated heterocycles. The molecule has 1 aromatic rings. The Morgan fingerprint density at radius 1 is 1.50 bits per heavy atom. The van der Waals surface area contributed by atoms with Gasteiger partial charge < -0.3 is 5.21 Å². The smallest absolute Gasteiger partial charge is 0.336 e. The molecule has 1 aromatic carbocycles. The molecule has 0 saturated carbocycles. The first kappa shape index (κ1) is 8.61. The van der Waals surface area contributed by atoms with E-state index in [1.165, 1.54) is 5.56 Å². The summed E-state index contributed by atoms with van der Waals surface area (Å²) in [6, 6.07) is 10.1. The lowest BCUT2D eigenvalue weighted by atomic mass is 10.1. The van der Waals surface area contributed by atoms with Gasteiger partial charge >= 0.3 is 6.07 Å². The highest BCUT2D eigenvalue weighted by Crippen LogP contribution is 2.06. The van der Waals surface area contributed by atoms with Crippen LogP contribution in [0.15, 0.2) is 24.3 Å². The Balaban J connectivity index is 2.85. The van der Waals surface area contributed by atoms with Crippen molar-refractivity contribution in [1.29, 1.82) is 0 Å². The van der Waals surface area contributed by atoms with Crippen LogP contribution in [0.2, 0.25) is 0 Å². The van der Waals surface area contributed by atoms with Crippen LogP contribution in [0.1, 0.15) is 24.5 Å². The van der Waals surface area contributed by atoms with E-state index in [-0.39, 0.29) is 0 Å². The molecule has 0 N–H and O–H groups in total. The van der Waals surface area contributed by atoms with Crippen molar-refractivity contribution in [2.75, 3.05) is 0 Å². The average molecular weight is 161 g/mol. The largest absolute Gasteiger partial charge is 0.498 e. The quantitative estimate of drug-likeness (QED) is 0.613. The summed E-state index contributed by atoms with van der Waals surface area (Å²) in [4.78, 5) is 0. The Kier molecular flexibility index (Phi) is 3.16. The van der Waals surface area contributed by atoms with Gasteiger partial charge in [-0.15, -0.1) is 0 Å². The van der Waals surface area contributed by atoms with Crippen LogP contribution in [-0.4, -0.2) is 0 Å². The molecule has 0 aromatic heterocycles. The van der Waals surface area contributed by atoms with Gasteiger partial charge in [0.05, 0.1) is 0 Å². The molecular formula is C10H11NO. The fourth-order valence-corrected chi connectivity index (χ4v) is 1.14. The van der Waals surface area contributed by atoms with Crippen molar-refractivity contribution in [2.24, 2.45) is 0 Å². The molecule has 2 heteroatoms. The van der Waals surface area contributed by atoms with Gasteiger partial charge in [-0.25, -0.2) is 0 Å². The summed E-state index contributed by atoms with van der Waals surface area (Å²) in [7, 11) is 0. The molecule has 0 amide bonds. The second-order valence-corrected chi connectivity index (χ2v) is 2.65. The molecule has 0 aliphatic rings. The maximum atomic E-state index is 9.88. The number of nitrogens with zero attached hydrogens (tertiary/aromatic N) is 1. The highest BCUT2D eigenvalue weighted by atomic mass is 16.4. The van der Waals surface area contributed by atoms with E-state index in [0.717, 1.165) is 18.4 Å². The van der Waals surface area contributed by atoms with Crippen molar-refractivity contribution in [2.45, 2.75) is 19.8 Å². The van der Waals surface area contributed by atoms with Gasteiger partial charge in [-0.1, -0.05) is 25.5 Å². The van der Waals surface area contributed by atoms with E-state index in [4.69, 9.17) is 0 Å². The predicted octanol–water partition coefficient (Wildman–Crippen LogP) is 2.82. The van der Waals surface area contributed by atoms with E-state index in [2.05, 4.69) is 18.0 Å². The second-order valence-electron chi connectivity index (χ2n) is 2.65. The third-order valence-electron chi connectivity index (χ3n) is 1.64. The predicted molar refractivity (Wildman–Crippen MR) is 50.2 cm³/mol. The van der Waals surface area contributed by atoms with Crippen LogP contribution in [0.3, 0.4) is 0 Å². The van der Waals surface area contributed by atoms with E-state index >= 15 is 0 Å². The fraction of sp³-hybridized carbons (Fsp3) is 0.300. The Morgan fingerprint density at radius 2 is 2.33 bits per heavy atom. The van der Waals surface area contributed by atoms with Crippen molar-refractivity contribution in [1.82, 2.24) is 0 Å². The lowest BCUT2D eigenvalue weighted by molar-refractivity contribution is 0.921. The minimum Gasteiger partial charge on any atom is -0.498 e. The zero-order valence-electron chi connectivity index (χ0n) is 7.08. The SMILES string of the molecule is CCCc1cccc(C#[N+][O-])c1. The highest BCUT2D eigenvalue weighted by Gasteiger charge is 1.95. The molecule has 0 heterocycles. The van der Waals surface area contributed by atoms with Crippen molar-refractivity contribution in [3.05, 3.63) is 45.6 Å². The minimum atomic E-state index is 0.760. The summed E-state index contributed by atoms with van der Waals surface area (Å²) < 4.78 is 0. The third kappa shape index (κ3) is 2.28. The van der Waals surface area contributed by atoms with Crippen LogP contribution in [0.5, 0.6) is 0 Å². The van der Waals surface area contributed by atoms with Crippen LogP contribution in [-0.2, 0) is 6.42 Å². The summed E-state index contributed by atoms with van der Waals surface area (Å²) in [5.74, 6) is 0. The van der Waals surface area contributed by atoms with E-state index in [1.54, 1.807) is 0 Å². The second kappa shape index (κ2) is 4.40. The Morgan fingerprint density at radius 3 is 3.00 bits per heavy atom. The minimum absolute atomic E-state index is 0.760. The molecule has 1 rings (SSSR count). The lowest BCUT2D eigenvalue weighted by Gasteiger charge is -1.95. The molecule has 0 aliphatic heterocycles. The Hall–Kier alpha value is -1.49. The molecule has 12 heavy (non-hydrogen) atoms. The summed E-state index contributed by atoms with van der Waals surface area (Å²) >= 11 is 0. The summed E-state index contributed by atoms with van der Waals surface area (Å²) in [5.41, 5.74) is 1.99. The highest BCUT2D eigenvalue weighted by molar-refractivity contribution is 5.35. The van der Waals surface area contributed by atoms with Gasteiger partial charge in [0.2, 0.25) is 0 Å². The van der Waals surface area contributed by atoms with Gasteiger partial charge in [-0.05, 0) is 24.1 Å². The standard InChI is InChI=1S/C10H11NO/c1-2-4-9-5-3-6-10(7-9)8-11-12/h3,5-7H,2,4H2,1H3. The van der Waals surface area contributed by atoms with E-state index < -0.39 is 0 Å². The monoisotopic (exact) mass is 161 g/mol. The summed E-state index contributed by atoms with van der Waals surface area (Å²) in [5, 5.41) is 12.5. The van der Waals surface area contributed by atoms with Crippen LogP contribution in [0.25, 0.3) is 5.01 Å². The van der Waals surface area contributed by atoms with Crippen LogP contribution < -0.4 is 0 Å². The van der Waals surface area contributed by atoms with Gasteiger partial charge in [-0.3, -0.25) is 0 Å². The van der Waals surface area contributed by atoms with Gasteiger partial charge in [0, 0.05) is 5.01 Å². The van der Waals surface area contributed by atoms with Crippen LogP contribution >= 0.6 is 0 Å². The average Bonchev–Trinajstić information content (AvgIpc) is 2.06. The van der Waals surface area contributed by atoms with Gasteiger partial charge in [0.1, 0.15) is 5.56 Å². The third-order valence-corrected chi connectivity index (χ3v) is 1.64. The number of aryl methyl sites for hydroxylation is 1. The molecule has 0 radical (unpaired) electrons. The van der Waals surface area contributed by atoms with Crippen molar-refractivity contribution < 1.29 is 0 Å². The van der Waals surface area contributed by atoms with E-state index in [9.17, 15) is 5.21 Å². The first-order valence-corrected chi connectivity index (χ1v) is 4.04. The molecule has 0 atom stereocenters. The molecule has 0 fully saturated rings. The van der Waals surface area contributed by atoms with Crippen molar-refractivity contribution in [3.8, 4) is 6.07 Å². The number of benzene rings is 1. The molecular weight excluding hydrogens is 150 g/mol. The Bertz CT molecular complexity index is 309. The molecule has 0 spiro atoms. The normalized spacial score (nSPS) is 8.75. The van der Waals surface area contributed by atoms with Crippen LogP contribution in [0.4, 0.5) is 0 Å². The molecule has 62 valence electrons. The zero-order chi connectivity index (χ0) is 8.81. The van der Waals surface area contributed by atoms with Crippen molar-refractivity contribution >= 4 is 0 Å². The zero-order valence-corrected chi connectivity index (χ0v) is 7.08. The topological polar surface area (TPSA) is 27.4 Å². The molecule has 0 aliphatic carbocycles. The van der Waals surface area contributed by atoms with E-state index in [0.29, 0.717) is 0 Å².